The molecule has 0 spiro atoms. The van der Waals surface area contributed by atoms with Gasteiger partial charge in [-0.05, 0) is 43.3 Å². The van der Waals surface area contributed by atoms with E-state index in [0.717, 1.165) is 22.7 Å². The SMILES string of the molecule is CCOC(=O)c1cc(NC(=O)CN(c2cccc(F)c2)S(C)(=O)=O)ccc1Cl. The Kier molecular flexibility index (Phi) is 6.98. The highest BCUT2D eigenvalue weighted by Gasteiger charge is 2.22. The van der Waals surface area contributed by atoms with Crippen LogP contribution in [0.5, 0.6) is 0 Å². The molecule has 150 valence electrons. The van der Waals surface area contributed by atoms with Crippen molar-refractivity contribution in [2.75, 3.05) is 29.0 Å². The third-order valence-corrected chi connectivity index (χ3v) is 5.00. The number of amides is 1. The molecule has 7 nitrogen and oxygen atoms in total. The third kappa shape index (κ3) is 5.67. The van der Waals surface area contributed by atoms with Gasteiger partial charge in [-0.1, -0.05) is 17.7 Å². The van der Waals surface area contributed by atoms with Crippen LogP contribution in [0, 0.1) is 5.82 Å². The summed E-state index contributed by atoms with van der Waals surface area (Å²) in [5.41, 5.74) is 0.303. The molecule has 0 heterocycles. The largest absolute Gasteiger partial charge is 0.462 e. The second-order valence-corrected chi connectivity index (χ2v) is 8.03. The minimum atomic E-state index is -3.85. The van der Waals surface area contributed by atoms with Crippen molar-refractivity contribution in [1.29, 1.82) is 0 Å². The van der Waals surface area contributed by atoms with Gasteiger partial charge in [-0.2, -0.15) is 0 Å². The van der Waals surface area contributed by atoms with E-state index >= 15 is 0 Å². The van der Waals surface area contributed by atoms with Crippen molar-refractivity contribution in [2.45, 2.75) is 6.92 Å². The summed E-state index contributed by atoms with van der Waals surface area (Å²) in [4.78, 5) is 24.2. The molecular formula is C18H18ClFN2O5S. The predicted octanol–water partition coefficient (Wildman–Crippen LogP) is 3.06. The number of hydrogen-bond donors (Lipinski definition) is 1. The van der Waals surface area contributed by atoms with Crippen molar-refractivity contribution in [2.24, 2.45) is 0 Å². The molecule has 1 amide bonds. The van der Waals surface area contributed by atoms with Crippen LogP contribution in [0.1, 0.15) is 17.3 Å². The van der Waals surface area contributed by atoms with Crippen LogP contribution in [0.2, 0.25) is 5.02 Å². The summed E-state index contributed by atoms with van der Waals surface area (Å²) in [5, 5.41) is 2.64. The second kappa shape index (κ2) is 9.03. The Morgan fingerprint density at radius 1 is 1.21 bits per heavy atom. The molecule has 0 aliphatic heterocycles. The lowest BCUT2D eigenvalue weighted by Crippen LogP contribution is -2.37. The minimum absolute atomic E-state index is 0.0148. The van der Waals surface area contributed by atoms with Crippen molar-refractivity contribution < 1.29 is 27.1 Å². The average Bonchev–Trinajstić information content (AvgIpc) is 2.60. The van der Waals surface area contributed by atoms with Crippen LogP contribution in [0.3, 0.4) is 0 Å². The Morgan fingerprint density at radius 2 is 1.93 bits per heavy atom. The van der Waals surface area contributed by atoms with E-state index < -0.39 is 34.3 Å². The molecule has 0 aliphatic carbocycles. The number of anilines is 2. The zero-order valence-electron chi connectivity index (χ0n) is 15.1. The van der Waals surface area contributed by atoms with Crippen molar-refractivity contribution in [1.82, 2.24) is 0 Å². The lowest BCUT2D eigenvalue weighted by molar-refractivity contribution is -0.114. The highest BCUT2D eigenvalue weighted by molar-refractivity contribution is 7.92. The van der Waals surface area contributed by atoms with Gasteiger partial charge >= 0.3 is 5.97 Å². The molecule has 2 aromatic carbocycles. The molecule has 0 saturated carbocycles. The molecule has 0 aliphatic rings. The minimum Gasteiger partial charge on any atom is -0.462 e. The zero-order valence-corrected chi connectivity index (χ0v) is 16.7. The van der Waals surface area contributed by atoms with Gasteiger partial charge in [-0.25, -0.2) is 17.6 Å². The number of benzene rings is 2. The summed E-state index contributed by atoms with van der Waals surface area (Å²) < 4.78 is 43.2. The van der Waals surface area contributed by atoms with Gasteiger partial charge < -0.3 is 10.1 Å². The third-order valence-electron chi connectivity index (χ3n) is 3.53. The Labute approximate surface area is 167 Å². The van der Waals surface area contributed by atoms with Crippen LogP contribution in [0.4, 0.5) is 15.8 Å². The molecule has 2 aromatic rings. The fourth-order valence-electron chi connectivity index (χ4n) is 2.33. The molecule has 0 bridgehead atoms. The summed E-state index contributed by atoms with van der Waals surface area (Å²) in [6.07, 6.45) is 0.909. The number of nitrogens with zero attached hydrogens (tertiary/aromatic N) is 1. The number of ether oxygens (including phenoxy) is 1. The molecular weight excluding hydrogens is 411 g/mol. The molecule has 0 unspecified atom stereocenters. The van der Waals surface area contributed by atoms with Gasteiger partial charge in [-0.3, -0.25) is 9.10 Å². The molecule has 0 saturated heterocycles. The summed E-state index contributed by atoms with van der Waals surface area (Å²) in [6.45, 7) is 1.21. The van der Waals surface area contributed by atoms with E-state index in [1.54, 1.807) is 6.92 Å². The van der Waals surface area contributed by atoms with Crippen LogP contribution < -0.4 is 9.62 Å². The summed E-state index contributed by atoms with van der Waals surface area (Å²) in [7, 11) is -3.85. The maximum Gasteiger partial charge on any atom is 0.339 e. The highest BCUT2D eigenvalue weighted by atomic mass is 35.5. The van der Waals surface area contributed by atoms with Crippen molar-refractivity contribution in [3.8, 4) is 0 Å². The Morgan fingerprint density at radius 3 is 2.54 bits per heavy atom. The average molecular weight is 429 g/mol. The lowest BCUT2D eigenvalue weighted by atomic mass is 10.2. The van der Waals surface area contributed by atoms with Gasteiger partial charge in [0.15, 0.2) is 0 Å². The first kappa shape index (κ1) is 21.6. The molecule has 0 radical (unpaired) electrons. The van der Waals surface area contributed by atoms with Gasteiger partial charge in [-0.15, -0.1) is 0 Å². The smallest absolute Gasteiger partial charge is 0.339 e. The van der Waals surface area contributed by atoms with Gasteiger partial charge in [0, 0.05) is 5.69 Å². The first-order valence-corrected chi connectivity index (χ1v) is 10.3. The van der Waals surface area contributed by atoms with E-state index in [-0.39, 0.29) is 28.6 Å². The van der Waals surface area contributed by atoms with Crippen molar-refractivity contribution in [3.05, 3.63) is 58.9 Å². The van der Waals surface area contributed by atoms with E-state index in [1.165, 1.54) is 30.3 Å². The van der Waals surface area contributed by atoms with E-state index in [1.807, 2.05) is 0 Å². The maximum atomic E-state index is 13.4. The molecule has 2 rings (SSSR count). The molecule has 10 heteroatoms. The van der Waals surface area contributed by atoms with E-state index in [9.17, 15) is 22.4 Å². The summed E-state index contributed by atoms with van der Waals surface area (Å²) >= 11 is 5.97. The van der Waals surface area contributed by atoms with Gasteiger partial charge in [0.25, 0.3) is 0 Å². The van der Waals surface area contributed by atoms with Crippen LogP contribution in [-0.4, -0.2) is 39.7 Å². The first-order valence-electron chi connectivity index (χ1n) is 8.11. The number of nitrogens with one attached hydrogen (secondary N) is 1. The zero-order chi connectivity index (χ0) is 20.9. The fraction of sp³-hybridized carbons (Fsp3) is 0.222. The highest BCUT2D eigenvalue weighted by Crippen LogP contribution is 2.22. The molecule has 28 heavy (non-hydrogen) atoms. The van der Waals surface area contributed by atoms with Crippen molar-refractivity contribution in [3.63, 3.8) is 0 Å². The monoisotopic (exact) mass is 428 g/mol. The number of rotatable bonds is 7. The summed E-state index contributed by atoms with van der Waals surface area (Å²) in [6, 6.07) is 9.07. The normalized spacial score (nSPS) is 11.0. The van der Waals surface area contributed by atoms with Crippen LogP contribution in [0.15, 0.2) is 42.5 Å². The number of carbonyl (C=O) groups excluding carboxylic acids is 2. The van der Waals surface area contributed by atoms with Gasteiger partial charge in [0.2, 0.25) is 15.9 Å². The number of sulfonamides is 1. The number of hydrogen-bond acceptors (Lipinski definition) is 5. The first-order chi connectivity index (χ1) is 13.1. The number of halogens is 2. The van der Waals surface area contributed by atoms with Crippen molar-refractivity contribution >= 4 is 44.9 Å². The summed E-state index contributed by atoms with van der Waals surface area (Å²) in [5.74, 6) is -1.98. The molecule has 0 fully saturated rings. The Bertz CT molecular complexity index is 997. The molecule has 1 N–H and O–H groups in total. The molecule has 0 aromatic heterocycles. The van der Waals surface area contributed by atoms with E-state index in [4.69, 9.17) is 16.3 Å². The van der Waals surface area contributed by atoms with Gasteiger partial charge in [0.1, 0.15) is 12.4 Å². The van der Waals surface area contributed by atoms with Gasteiger partial charge in [0.05, 0.1) is 29.1 Å². The standard InChI is InChI=1S/C18H18ClFN2O5S/c1-3-27-18(24)15-10-13(7-8-16(15)19)21-17(23)11-22(28(2,25)26)14-6-4-5-12(20)9-14/h4-10H,3,11H2,1-2H3,(H,21,23). The maximum absolute atomic E-state index is 13.4. The van der Waals surface area contributed by atoms with E-state index in [2.05, 4.69) is 5.32 Å². The fourth-order valence-corrected chi connectivity index (χ4v) is 3.37. The quantitative estimate of drug-likeness (QED) is 0.684. The van der Waals surface area contributed by atoms with Crippen LogP contribution in [-0.2, 0) is 19.6 Å². The van der Waals surface area contributed by atoms with E-state index in [0.29, 0.717) is 0 Å². The number of carbonyl (C=O) groups is 2. The van der Waals surface area contributed by atoms with Crippen LogP contribution in [0.25, 0.3) is 0 Å². The second-order valence-electron chi connectivity index (χ2n) is 5.71. The van der Waals surface area contributed by atoms with Crippen LogP contribution >= 0.6 is 11.6 Å². The Hall–Kier alpha value is -2.65. The Balaban J connectivity index is 2.22. The topological polar surface area (TPSA) is 92.8 Å². The molecule has 0 atom stereocenters. The predicted molar refractivity (Wildman–Crippen MR) is 105 cm³/mol. The number of esters is 1. The lowest BCUT2D eigenvalue weighted by Gasteiger charge is -2.22.